The highest BCUT2D eigenvalue weighted by atomic mass is 35.5. The summed E-state index contributed by atoms with van der Waals surface area (Å²) in [5.41, 5.74) is 0.994. The molecule has 0 bridgehead atoms. The predicted molar refractivity (Wildman–Crippen MR) is 77.9 cm³/mol. The molecule has 0 saturated carbocycles. The van der Waals surface area contributed by atoms with E-state index < -0.39 is 23.5 Å². The molecule has 0 radical (unpaired) electrons. The molecule has 0 spiro atoms. The maximum absolute atomic E-state index is 13.9. The van der Waals surface area contributed by atoms with Crippen LogP contribution in [0.1, 0.15) is 24.1 Å². The summed E-state index contributed by atoms with van der Waals surface area (Å²) in [6, 6.07) is 8.91. The van der Waals surface area contributed by atoms with E-state index in [-0.39, 0.29) is 5.56 Å². The van der Waals surface area contributed by atoms with E-state index in [4.69, 9.17) is 11.6 Å². The Morgan fingerprint density at radius 3 is 2.52 bits per heavy atom. The van der Waals surface area contributed by atoms with Gasteiger partial charge in [-0.3, -0.25) is 0 Å². The van der Waals surface area contributed by atoms with Gasteiger partial charge in [0.05, 0.1) is 0 Å². The molecule has 2 aromatic carbocycles. The van der Waals surface area contributed by atoms with Crippen molar-refractivity contribution in [1.82, 2.24) is 5.32 Å². The lowest BCUT2D eigenvalue weighted by Gasteiger charge is -2.19. The number of hydrogen-bond donors (Lipinski definition) is 1. The fraction of sp³-hybridized carbons (Fsp3) is 0.250. The lowest BCUT2D eigenvalue weighted by atomic mass is 9.98. The molecule has 1 unspecified atom stereocenters. The van der Waals surface area contributed by atoms with Crippen molar-refractivity contribution in [3.63, 3.8) is 0 Å². The number of halogens is 4. The summed E-state index contributed by atoms with van der Waals surface area (Å²) >= 11 is 5.92. The molecule has 2 rings (SSSR count). The molecule has 0 fully saturated rings. The van der Waals surface area contributed by atoms with E-state index in [1.54, 1.807) is 18.2 Å². The Morgan fingerprint density at radius 2 is 1.86 bits per heavy atom. The normalized spacial score (nSPS) is 12.4. The average Bonchev–Trinajstić information content (AvgIpc) is 2.45. The number of rotatable bonds is 5. The van der Waals surface area contributed by atoms with Crippen molar-refractivity contribution < 1.29 is 13.2 Å². The molecule has 21 heavy (non-hydrogen) atoms. The fourth-order valence-corrected chi connectivity index (χ4v) is 2.46. The highest BCUT2D eigenvalue weighted by Crippen LogP contribution is 2.25. The monoisotopic (exact) mass is 313 g/mol. The lowest BCUT2D eigenvalue weighted by molar-refractivity contribution is 0.425. The van der Waals surface area contributed by atoms with Crippen molar-refractivity contribution in [2.45, 2.75) is 19.4 Å². The van der Waals surface area contributed by atoms with Crippen LogP contribution in [0.3, 0.4) is 0 Å². The Bertz CT molecular complexity index is 631. The zero-order valence-corrected chi connectivity index (χ0v) is 12.2. The van der Waals surface area contributed by atoms with Gasteiger partial charge >= 0.3 is 0 Å². The van der Waals surface area contributed by atoms with Gasteiger partial charge in [-0.2, -0.15) is 0 Å². The van der Waals surface area contributed by atoms with Crippen molar-refractivity contribution >= 4 is 11.6 Å². The van der Waals surface area contributed by atoms with Gasteiger partial charge < -0.3 is 5.32 Å². The SMILES string of the molecule is CCNC(Cc1cccc(Cl)c1)c1ccc(F)c(F)c1F. The summed E-state index contributed by atoms with van der Waals surface area (Å²) in [6.45, 7) is 2.44. The minimum Gasteiger partial charge on any atom is -0.310 e. The first-order chi connectivity index (χ1) is 10.0. The van der Waals surface area contributed by atoms with E-state index in [0.29, 0.717) is 18.0 Å². The summed E-state index contributed by atoms with van der Waals surface area (Å²) in [5, 5.41) is 3.66. The Labute approximate surface area is 126 Å². The molecule has 1 nitrogen and oxygen atoms in total. The van der Waals surface area contributed by atoms with E-state index in [0.717, 1.165) is 11.6 Å². The van der Waals surface area contributed by atoms with E-state index in [2.05, 4.69) is 5.32 Å². The van der Waals surface area contributed by atoms with E-state index in [1.165, 1.54) is 6.07 Å². The van der Waals surface area contributed by atoms with Gasteiger partial charge in [0, 0.05) is 16.6 Å². The Balaban J connectivity index is 2.33. The molecule has 0 aliphatic rings. The van der Waals surface area contributed by atoms with Crippen molar-refractivity contribution in [2.24, 2.45) is 0 Å². The summed E-state index contributed by atoms with van der Waals surface area (Å²) in [5.74, 6) is -3.78. The smallest absolute Gasteiger partial charge is 0.194 e. The van der Waals surface area contributed by atoms with Gasteiger partial charge in [-0.25, -0.2) is 13.2 Å². The first-order valence-corrected chi connectivity index (χ1v) is 7.02. The highest BCUT2D eigenvalue weighted by Gasteiger charge is 2.20. The number of likely N-dealkylation sites (N-methyl/N-ethyl adjacent to an activating group) is 1. The average molecular weight is 314 g/mol. The zero-order valence-electron chi connectivity index (χ0n) is 11.5. The second kappa shape index (κ2) is 6.96. The topological polar surface area (TPSA) is 12.0 Å². The van der Waals surface area contributed by atoms with Crippen LogP contribution in [0.4, 0.5) is 13.2 Å². The molecular formula is C16H15ClF3N. The molecule has 0 heterocycles. The molecule has 1 atom stereocenters. The van der Waals surface area contributed by atoms with Crippen molar-refractivity contribution in [3.05, 3.63) is 70.0 Å². The first-order valence-electron chi connectivity index (χ1n) is 6.64. The van der Waals surface area contributed by atoms with E-state index in [9.17, 15) is 13.2 Å². The molecule has 112 valence electrons. The minimum atomic E-state index is -1.44. The van der Waals surface area contributed by atoms with Crippen LogP contribution in [-0.2, 0) is 6.42 Å². The quantitative estimate of drug-likeness (QED) is 0.792. The molecule has 0 saturated heterocycles. The predicted octanol–water partition coefficient (Wildman–Crippen LogP) is 4.65. The van der Waals surface area contributed by atoms with Crippen molar-refractivity contribution in [1.29, 1.82) is 0 Å². The maximum Gasteiger partial charge on any atom is 0.194 e. The second-order valence-corrected chi connectivity index (χ2v) is 5.15. The van der Waals surface area contributed by atoms with Crippen LogP contribution >= 0.6 is 11.6 Å². The molecule has 0 aliphatic heterocycles. The summed E-state index contributed by atoms with van der Waals surface area (Å²) in [7, 11) is 0. The molecule has 0 amide bonds. The van der Waals surface area contributed by atoms with Crippen LogP contribution in [0.15, 0.2) is 36.4 Å². The first kappa shape index (κ1) is 15.9. The largest absolute Gasteiger partial charge is 0.310 e. The van der Waals surface area contributed by atoms with Gasteiger partial charge in [-0.15, -0.1) is 0 Å². The van der Waals surface area contributed by atoms with Gasteiger partial charge in [0.1, 0.15) is 0 Å². The highest BCUT2D eigenvalue weighted by molar-refractivity contribution is 6.30. The van der Waals surface area contributed by atoms with Gasteiger partial charge in [0.2, 0.25) is 0 Å². The van der Waals surface area contributed by atoms with Crippen LogP contribution < -0.4 is 5.32 Å². The Hall–Kier alpha value is -1.52. The Kier molecular flexibility index (Phi) is 5.26. The van der Waals surface area contributed by atoms with Crippen LogP contribution in [0, 0.1) is 17.5 Å². The van der Waals surface area contributed by atoms with Crippen LogP contribution in [-0.4, -0.2) is 6.54 Å². The van der Waals surface area contributed by atoms with Crippen molar-refractivity contribution in [3.8, 4) is 0 Å². The standard InChI is InChI=1S/C16H15ClF3N/c1-2-21-14(9-10-4-3-5-11(17)8-10)12-6-7-13(18)16(20)15(12)19/h3-8,14,21H,2,9H2,1H3. The summed E-state index contributed by atoms with van der Waals surface area (Å²) in [6.07, 6.45) is 0.427. The molecule has 0 aliphatic carbocycles. The third kappa shape index (κ3) is 3.77. The molecule has 5 heteroatoms. The number of nitrogens with one attached hydrogen (secondary N) is 1. The van der Waals surface area contributed by atoms with Crippen LogP contribution in [0.5, 0.6) is 0 Å². The molecule has 0 aromatic heterocycles. The maximum atomic E-state index is 13.9. The lowest BCUT2D eigenvalue weighted by Crippen LogP contribution is -2.24. The van der Waals surface area contributed by atoms with Gasteiger partial charge in [0.15, 0.2) is 17.5 Å². The second-order valence-electron chi connectivity index (χ2n) is 4.71. The summed E-state index contributed by atoms with van der Waals surface area (Å²) < 4.78 is 40.4. The fourth-order valence-electron chi connectivity index (χ4n) is 2.25. The third-order valence-electron chi connectivity index (χ3n) is 3.22. The molecule has 1 N–H and O–H groups in total. The van der Waals surface area contributed by atoms with Crippen LogP contribution in [0.2, 0.25) is 5.02 Å². The summed E-state index contributed by atoms with van der Waals surface area (Å²) in [4.78, 5) is 0. The number of hydrogen-bond acceptors (Lipinski definition) is 1. The number of benzene rings is 2. The van der Waals surface area contributed by atoms with E-state index in [1.807, 2.05) is 13.0 Å². The zero-order chi connectivity index (χ0) is 15.4. The van der Waals surface area contributed by atoms with Crippen LogP contribution in [0.25, 0.3) is 0 Å². The molecular weight excluding hydrogens is 299 g/mol. The van der Waals surface area contributed by atoms with Gasteiger partial charge in [0.25, 0.3) is 0 Å². The Morgan fingerprint density at radius 1 is 1.10 bits per heavy atom. The molecule has 2 aromatic rings. The van der Waals surface area contributed by atoms with Gasteiger partial charge in [-0.05, 0) is 36.7 Å². The minimum absolute atomic E-state index is 0.107. The van der Waals surface area contributed by atoms with Gasteiger partial charge in [-0.1, -0.05) is 36.7 Å². The van der Waals surface area contributed by atoms with E-state index >= 15 is 0 Å². The van der Waals surface area contributed by atoms with Crippen molar-refractivity contribution in [2.75, 3.05) is 6.54 Å². The third-order valence-corrected chi connectivity index (χ3v) is 3.45.